The number of Topliss-reactive ketones (excluding diaryl/α,β-unsaturated/α-hetero) is 1. The summed E-state index contributed by atoms with van der Waals surface area (Å²) in [5, 5.41) is 0. The van der Waals surface area contributed by atoms with Crippen LogP contribution >= 0.6 is 0 Å². The third-order valence-corrected chi connectivity index (χ3v) is 6.39. The molecule has 0 aromatic heterocycles. The molecule has 2 aliphatic rings. The van der Waals surface area contributed by atoms with E-state index in [-0.39, 0.29) is 5.92 Å². The van der Waals surface area contributed by atoms with E-state index in [1.165, 1.54) is 29.8 Å². The van der Waals surface area contributed by atoms with Crippen molar-refractivity contribution in [1.82, 2.24) is 4.90 Å². The quantitative estimate of drug-likeness (QED) is 0.736. The minimum absolute atomic E-state index is 0.171. The molecule has 3 heteroatoms. The van der Waals surface area contributed by atoms with E-state index in [0.717, 1.165) is 57.4 Å². The summed E-state index contributed by atoms with van der Waals surface area (Å²) in [5.74, 6) is 0.535. The molecule has 0 N–H and O–H groups in total. The average molecular weight is 377 g/mol. The van der Waals surface area contributed by atoms with Crippen LogP contribution in [-0.4, -0.2) is 43.4 Å². The maximum atomic E-state index is 13.2. The van der Waals surface area contributed by atoms with Crippen molar-refractivity contribution in [2.24, 2.45) is 5.92 Å². The number of hydrogen-bond acceptors (Lipinski definition) is 3. The molecule has 0 radical (unpaired) electrons. The summed E-state index contributed by atoms with van der Waals surface area (Å²) in [7, 11) is 0. The molecule has 1 aliphatic carbocycles. The third kappa shape index (κ3) is 4.30. The smallest absolute Gasteiger partial charge is 0.166 e. The number of anilines is 1. The fourth-order valence-electron chi connectivity index (χ4n) is 4.70. The average Bonchev–Trinajstić information content (AvgIpc) is 2.75. The number of fused-ring (bicyclic) bond motifs is 1. The molecule has 28 heavy (non-hydrogen) atoms. The van der Waals surface area contributed by atoms with Crippen molar-refractivity contribution in [3.8, 4) is 0 Å². The van der Waals surface area contributed by atoms with Gasteiger partial charge in [0, 0.05) is 43.3 Å². The van der Waals surface area contributed by atoms with E-state index in [0.29, 0.717) is 5.78 Å². The summed E-state index contributed by atoms with van der Waals surface area (Å²) in [4.78, 5) is 18.2. The van der Waals surface area contributed by atoms with Crippen molar-refractivity contribution >= 4 is 11.5 Å². The highest BCUT2D eigenvalue weighted by atomic mass is 16.1. The first-order valence-corrected chi connectivity index (χ1v) is 10.9. The van der Waals surface area contributed by atoms with Gasteiger partial charge in [-0.2, -0.15) is 0 Å². The molecule has 4 rings (SSSR count). The van der Waals surface area contributed by atoms with Crippen molar-refractivity contribution in [3.63, 3.8) is 0 Å². The zero-order valence-corrected chi connectivity index (χ0v) is 17.1. The van der Waals surface area contributed by atoms with Gasteiger partial charge in [-0.25, -0.2) is 0 Å². The van der Waals surface area contributed by atoms with Gasteiger partial charge < -0.3 is 4.90 Å². The molecule has 2 aromatic carbocycles. The molecule has 1 heterocycles. The molecule has 1 aliphatic heterocycles. The van der Waals surface area contributed by atoms with Crippen LogP contribution in [0.5, 0.6) is 0 Å². The Hall–Kier alpha value is -2.13. The second-order valence-electron chi connectivity index (χ2n) is 8.29. The van der Waals surface area contributed by atoms with Gasteiger partial charge in [-0.05, 0) is 61.9 Å². The molecule has 1 atom stereocenters. The Morgan fingerprint density at radius 1 is 1.00 bits per heavy atom. The van der Waals surface area contributed by atoms with Gasteiger partial charge in [0.2, 0.25) is 0 Å². The maximum Gasteiger partial charge on any atom is 0.166 e. The van der Waals surface area contributed by atoms with Crippen LogP contribution in [0.2, 0.25) is 0 Å². The second kappa shape index (κ2) is 8.91. The predicted octanol–water partition coefficient (Wildman–Crippen LogP) is 4.60. The van der Waals surface area contributed by atoms with Crippen molar-refractivity contribution < 1.29 is 4.79 Å². The fraction of sp³-hybridized carbons (Fsp3) is 0.480. The lowest BCUT2D eigenvalue weighted by atomic mass is 9.80. The van der Waals surface area contributed by atoms with Crippen molar-refractivity contribution in [1.29, 1.82) is 0 Å². The molecule has 0 spiro atoms. The Balaban J connectivity index is 1.42. The molecule has 0 saturated carbocycles. The lowest BCUT2D eigenvalue weighted by Crippen LogP contribution is -2.46. The van der Waals surface area contributed by atoms with E-state index < -0.39 is 0 Å². The van der Waals surface area contributed by atoms with Crippen LogP contribution in [-0.2, 0) is 12.8 Å². The lowest BCUT2D eigenvalue weighted by Gasteiger charge is -2.36. The standard InChI is InChI=1S/C25H32N2O/c1-2-14-26-15-17-27(18-16-26)23-13-12-21-10-11-22(25(28)24(21)19-23)9-8-20-6-4-3-5-7-20/h3-7,12-13,19,22H,2,8-11,14-18H2,1H3. The summed E-state index contributed by atoms with van der Waals surface area (Å²) in [6.07, 6.45) is 5.20. The van der Waals surface area contributed by atoms with Gasteiger partial charge in [0.1, 0.15) is 0 Å². The van der Waals surface area contributed by atoms with E-state index in [1.54, 1.807) is 0 Å². The molecule has 2 aromatic rings. The first kappa shape index (κ1) is 19.2. The van der Waals surface area contributed by atoms with Crippen LogP contribution in [0.1, 0.15) is 47.7 Å². The highest BCUT2D eigenvalue weighted by Gasteiger charge is 2.28. The zero-order chi connectivity index (χ0) is 19.3. The van der Waals surface area contributed by atoms with E-state index in [4.69, 9.17) is 0 Å². The Morgan fingerprint density at radius 2 is 1.79 bits per heavy atom. The van der Waals surface area contributed by atoms with Gasteiger partial charge in [-0.15, -0.1) is 0 Å². The molecule has 1 unspecified atom stereocenters. The van der Waals surface area contributed by atoms with Crippen LogP contribution in [0.3, 0.4) is 0 Å². The van der Waals surface area contributed by atoms with Crippen LogP contribution < -0.4 is 4.90 Å². The number of hydrogen-bond donors (Lipinski definition) is 0. The molecule has 0 amide bonds. The number of ketones is 1. The Morgan fingerprint density at radius 3 is 2.54 bits per heavy atom. The third-order valence-electron chi connectivity index (χ3n) is 6.39. The van der Waals surface area contributed by atoms with Gasteiger partial charge in [0.15, 0.2) is 5.78 Å². The molecule has 148 valence electrons. The first-order valence-electron chi connectivity index (χ1n) is 10.9. The van der Waals surface area contributed by atoms with Gasteiger partial charge >= 0.3 is 0 Å². The molecular formula is C25H32N2O. The van der Waals surface area contributed by atoms with Crippen LogP contribution in [0.25, 0.3) is 0 Å². The summed E-state index contributed by atoms with van der Waals surface area (Å²) >= 11 is 0. The summed E-state index contributed by atoms with van der Waals surface area (Å²) in [5.41, 5.74) is 4.79. The van der Waals surface area contributed by atoms with E-state index in [1.807, 2.05) is 0 Å². The maximum absolute atomic E-state index is 13.2. The number of carbonyl (C=O) groups is 1. The van der Waals surface area contributed by atoms with Crippen molar-refractivity contribution in [2.75, 3.05) is 37.6 Å². The minimum Gasteiger partial charge on any atom is -0.369 e. The molecule has 0 bridgehead atoms. The van der Waals surface area contributed by atoms with E-state index in [9.17, 15) is 4.79 Å². The second-order valence-corrected chi connectivity index (χ2v) is 8.29. The molecule has 3 nitrogen and oxygen atoms in total. The number of benzene rings is 2. The number of nitrogens with zero attached hydrogens (tertiary/aromatic N) is 2. The SMILES string of the molecule is CCCN1CCN(c2ccc3c(c2)C(=O)C(CCc2ccccc2)CC3)CC1. The van der Waals surface area contributed by atoms with E-state index in [2.05, 4.69) is 65.3 Å². The summed E-state index contributed by atoms with van der Waals surface area (Å²) in [6.45, 7) is 7.81. The fourth-order valence-corrected chi connectivity index (χ4v) is 4.70. The number of carbonyl (C=O) groups excluding carboxylic acids is 1. The normalized spacial score (nSPS) is 20.2. The molecule has 1 fully saturated rings. The largest absolute Gasteiger partial charge is 0.369 e. The van der Waals surface area contributed by atoms with E-state index >= 15 is 0 Å². The topological polar surface area (TPSA) is 23.6 Å². The van der Waals surface area contributed by atoms with Gasteiger partial charge in [0.05, 0.1) is 0 Å². The number of rotatable bonds is 6. The zero-order valence-electron chi connectivity index (χ0n) is 17.1. The van der Waals surface area contributed by atoms with Crippen molar-refractivity contribution in [2.45, 2.75) is 39.0 Å². The highest BCUT2D eigenvalue weighted by Crippen LogP contribution is 2.31. The molecular weight excluding hydrogens is 344 g/mol. The Labute approximate surface area is 169 Å². The minimum atomic E-state index is 0.171. The van der Waals surface area contributed by atoms with Gasteiger partial charge in [0.25, 0.3) is 0 Å². The highest BCUT2D eigenvalue weighted by molar-refractivity contribution is 6.01. The Kier molecular flexibility index (Phi) is 6.11. The first-order chi connectivity index (χ1) is 13.7. The summed E-state index contributed by atoms with van der Waals surface area (Å²) < 4.78 is 0. The number of aryl methyl sites for hydroxylation is 2. The van der Waals surface area contributed by atoms with Crippen LogP contribution in [0, 0.1) is 5.92 Å². The van der Waals surface area contributed by atoms with Gasteiger partial charge in [-0.3, -0.25) is 9.69 Å². The predicted molar refractivity (Wildman–Crippen MR) is 116 cm³/mol. The molecule has 1 saturated heterocycles. The lowest BCUT2D eigenvalue weighted by molar-refractivity contribution is 0.0895. The Bertz CT molecular complexity index is 793. The van der Waals surface area contributed by atoms with Gasteiger partial charge in [-0.1, -0.05) is 43.3 Å². The van der Waals surface area contributed by atoms with Crippen LogP contribution in [0.4, 0.5) is 5.69 Å². The number of piperazine rings is 1. The van der Waals surface area contributed by atoms with Crippen molar-refractivity contribution in [3.05, 3.63) is 65.2 Å². The summed E-state index contributed by atoms with van der Waals surface area (Å²) in [6, 6.07) is 17.2. The van der Waals surface area contributed by atoms with Crippen LogP contribution in [0.15, 0.2) is 48.5 Å². The monoisotopic (exact) mass is 376 g/mol.